The van der Waals surface area contributed by atoms with Gasteiger partial charge in [0.2, 0.25) is 15.8 Å². The van der Waals surface area contributed by atoms with Crippen molar-refractivity contribution in [1.82, 2.24) is 19.9 Å². The lowest BCUT2D eigenvalue weighted by atomic mass is 10.2. The van der Waals surface area contributed by atoms with Crippen molar-refractivity contribution in [3.8, 4) is 11.6 Å². The first-order chi connectivity index (χ1) is 11.6. The van der Waals surface area contributed by atoms with Crippen LogP contribution in [0, 0.1) is 0 Å². The van der Waals surface area contributed by atoms with Gasteiger partial charge >= 0.3 is 0 Å². The number of nitrogens with zero attached hydrogens (tertiary/aromatic N) is 2. The van der Waals surface area contributed by atoms with Crippen molar-refractivity contribution in [2.75, 3.05) is 6.54 Å². The van der Waals surface area contributed by atoms with Gasteiger partial charge in [-0.25, -0.2) is 18.1 Å². The molecule has 2 aromatic heterocycles. The lowest BCUT2D eigenvalue weighted by Gasteiger charge is -2.00. The summed E-state index contributed by atoms with van der Waals surface area (Å²) < 4.78 is 31.5. The first-order valence-electron chi connectivity index (χ1n) is 7.30. The van der Waals surface area contributed by atoms with Gasteiger partial charge in [-0.05, 0) is 23.8 Å². The molecule has 1 aromatic carbocycles. The van der Waals surface area contributed by atoms with E-state index in [2.05, 4.69) is 19.9 Å². The highest BCUT2D eigenvalue weighted by molar-refractivity contribution is 7.92. The average Bonchev–Trinajstić information content (AvgIpc) is 3.25. The van der Waals surface area contributed by atoms with E-state index in [1.807, 2.05) is 30.3 Å². The Labute approximate surface area is 139 Å². The molecule has 0 unspecified atom stereocenters. The Bertz CT molecular complexity index is 900. The summed E-state index contributed by atoms with van der Waals surface area (Å²) in [5.74, 6) is 1.59. The molecular weight excluding hydrogens is 328 g/mol. The molecular formula is C16H16N4O3S. The Hall–Kier alpha value is -2.71. The van der Waals surface area contributed by atoms with Crippen molar-refractivity contribution >= 4 is 16.1 Å². The summed E-state index contributed by atoms with van der Waals surface area (Å²) >= 11 is 0. The zero-order chi connectivity index (χ0) is 16.8. The number of furan rings is 1. The number of benzene rings is 1. The van der Waals surface area contributed by atoms with Crippen LogP contribution in [-0.4, -0.2) is 30.1 Å². The maximum Gasteiger partial charge on any atom is 0.233 e. The fraction of sp³-hybridized carbons (Fsp3) is 0.125. The minimum atomic E-state index is -3.50. The molecule has 0 bridgehead atoms. The van der Waals surface area contributed by atoms with Gasteiger partial charge in [0.05, 0.1) is 6.26 Å². The molecule has 0 atom stereocenters. The van der Waals surface area contributed by atoms with Crippen molar-refractivity contribution in [3.05, 3.63) is 65.5 Å². The van der Waals surface area contributed by atoms with E-state index >= 15 is 0 Å². The molecule has 0 spiro atoms. The highest BCUT2D eigenvalue weighted by Gasteiger charge is 2.09. The summed E-state index contributed by atoms with van der Waals surface area (Å²) in [5, 5.41) is 7.94. The average molecular weight is 344 g/mol. The second-order valence-electron chi connectivity index (χ2n) is 4.99. The number of aromatic nitrogens is 3. The lowest BCUT2D eigenvalue weighted by molar-refractivity contribution is 0.577. The monoisotopic (exact) mass is 344 g/mol. The molecule has 0 aliphatic carbocycles. The Balaban J connectivity index is 1.53. The lowest BCUT2D eigenvalue weighted by Crippen LogP contribution is -2.24. The van der Waals surface area contributed by atoms with Crippen LogP contribution in [0.5, 0.6) is 0 Å². The molecule has 7 nitrogen and oxygen atoms in total. The highest BCUT2D eigenvalue weighted by Crippen LogP contribution is 2.14. The number of nitrogens with one attached hydrogen (secondary N) is 2. The smallest absolute Gasteiger partial charge is 0.233 e. The molecule has 0 fully saturated rings. The third kappa shape index (κ3) is 4.40. The van der Waals surface area contributed by atoms with Gasteiger partial charge in [0.1, 0.15) is 5.82 Å². The maximum atomic E-state index is 11.9. The summed E-state index contributed by atoms with van der Waals surface area (Å²) in [6.45, 7) is 0.217. The third-order valence-corrected chi connectivity index (χ3v) is 4.28. The van der Waals surface area contributed by atoms with Crippen LogP contribution >= 0.6 is 0 Å². The van der Waals surface area contributed by atoms with Crippen LogP contribution in [0.15, 0.2) is 58.6 Å². The number of sulfonamides is 1. The van der Waals surface area contributed by atoms with Crippen LogP contribution in [0.2, 0.25) is 0 Å². The van der Waals surface area contributed by atoms with Crippen molar-refractivity contribution in [3.63, 3.8) is 0 Å². The fourth-order valence-corrected chi connectivity index (χ4v) is 2.83. The molecule has 0 saturated heterocycles. The number of rotatable bonds is 7. The fourth-order valence-electron chi connectivity index (χ4n) is 2.02. The topological polar surface area (TPSA) is 101 Å². The van der Waals surface area contributed by atoms with Crippen molar-refractivity contribution < 1.29 is 12.8 Å². The number of hydrogen-bond acceptors (Lipinski definition) is 5. The van der Waals surface area contributed by atoms with Crippen LogP contribution in [0.1, 0.15) is 11.4 Å². The van der Waals surface area contributed by atoms with E-state index in [0.717, 1.165) is 11.0 Å². The molecule has 8 heteroatoms. The predicted octanol–water partition coefficient (Wildman–Crippen LogP) is 2.20. The van der Waals surface area contributed by atoms with E-state index in [-0.39, 0.29) is 6.54 Å². The van der Waals surface area contributed by atoms with Crippen molar-refractivity contribution in [1.29, 1.82) is 0 Å². The Morgan fingerprint density at radius 1 is 1.17 bits per heavy atom. The zero-order valence-corrected chi connectivity index (χ0v) is 13.5. The van der Waals surface area contributed by atoms with Gasteiger partial charge in [-0.3, -0.25) is 5.10 Å². The second-order valence-corrected chi connectivity index (χ2v) is 6.64. The van der Waals surface area contributed by atoms with E-state index in [1.54, 1.807) is 24.5 Å². The SMILES string of the molecule is O=S(=O)(C=Cc1ccccc1)NCCc1nc(-c2ccco2)n[nH]1. The molecule has 0 aliphatic heterocycles. The van der Waals surface area contributed by atoms with Gasteiger partial charge in [0.15, 0.2) is 5.76 Å². The predicted molar refractivity (Wildman–Crippen MR) is 90.2 cm³/mol. The number of H-pyrrole nitrogens is 1. The van der Waals surface area contributed by atoms with E-state index < -0.39 is 10.0 Å². The van der Waals surface area contributed by atoms with E-state index in [9.17, 15) is 8.42 Å². The normalized spacial score (nSPS) is 12.0. The van der Waals surface area contributed by atoms with E-state index in [0.29, 0.717) is 23.8 Å². The molecule has 0 aliphatic rings. The van der Waals surface area contributed by atoms with Crippen LogP contribution in [0.25, 0.3) is 17.7 Å². The molecule has 0 radical (unpaired) electrons. The zero-order valence-electron chi connectivity index (χ0n) is 12.7. The Morgan fingerprint density at radius 3 is 2.75 bits per heavy atom. The second kappa shape index (κ2) is 7.24. The maximum absolute atomic E-state index is 11.9. The summed E-state index contributed by atoms with van der Waals surface area (Å²) in [7, 11) is -3.50. The first-order valence-corrected chi connectivity index (χ1v) is 8.85. The molecule has 24 heavy (non-hydrogen) atoms. The van der Waals surface area contributed by atoms with Crippen molar-refractivity contribution in [2.45, 2.75) is 6.42 Å². The van der Waals surface area contributed by atoms with E-state index in [4.69, 9.17) is 4.42 Å². The molecule has 0 amide bonds. The van der Waals surface area contributed by atoms with Gasteiger partial charge in [-0.2, -0.15) is 5.10 Å². The quantitative estimate of drug-likeness (QED) is 0.684. The largest absolute Gasteiger partial charge is 0.461 e. The van der Waals surface area contributed by atoms with Crippen LogP contribution in [-0.2, 0) is 16.4 Å². The van der Waals surface area contributed by atoms with Crippen molar-refractivity contribution in [2.24, 2.45) is 0 Å². The summed E-state index contributed by atoms with van der Waals surface area (Å²) in [6, 6.07) is 12.7. The minimum absolute atomic E-state index is 0.217. The number of aromatic amines is 1. The van der Waals surface area contributed by atoms with Gasteiger partial charge in [-0.1, -0.05) is 30.3 Å². The molecule has 2 heterocycles. The third-order valence-electron chi connectivity index (χ3n) is 3.18. The molecule has 3 aromatic rings. The Morgan fingerprint density at radius 2 is 2.00 bits per heavy atom. The van der Waals surface area contributed by atoms with Crippen LogP contribution < -0.4 is 4.72 Å². The number of hydrogen-bond donors (Lipinski definition) is 2. The standard InChI is InChI=1S/C16H16N4O3S/c21-24(22,12-9-13-5-2-1-3-6-13)17-10-8-15-18-16(20-19-15)14-7-4-11-23-14/h1-7,9,11-12,17H,8,10H2,(H,18,19,20). The molecule has 2 N–H and O–H groups in total. The highest BCUT2D eigenvalue weighted by atomic mass is 32.2. The van der Waals surface area contributed by atoms with Crippen LogP contribution in [0.4, 0.5) is 0 Å². The van der Waals surface area contributed by atoms with Crippen LogP contribution in [0.3, 0.4) is 0 Å². The van der Waals surface area contributed by atoms with E-state index in [1.165, 1.54) is 0 Å². The van der Waals surface area contributed by atoms with Gasteiger partial charge in [0.25, 0.3) is 0 Å². The first kappa shape index (κ1) is 16.2. The molecule has 0 saturated carbocycles. The van der Waals surface area contributed by atoms with Gasteiger partial charge in [-0.15, -0.1) is 0 Å². The summed E-state index contributed by atoms with van der Waals surface area (Å²) in [6.07, 6.45) is 3.48. The minimum Gasteiger partial charge on any atom is -0.461 e. The van der Waals surface area contributed by atoms with Gasteiger partial charge < -0.3 is 4.42 Å². The summed E-state index contributed by atoms with van der Waals surface area (Å²) in [4.78, 5) is 4.25. The van der Waals surface area contributed by atoms with Gasteiger partial charge in [0, 0.05) is 18.4 Å². The summed E-state index contributed by atoms with van der Waals surface area (Å²) in [5.41, 5.74) is 0.821. The Kier molecular flexibility index (Phi) is 4.88. The molecule has 3 rings (SSSR count). The molecule has 124 valence electrons.